The summed E-state index contributed by atoms with van der Waals surface area (Å²) in [7, 11) is -2.61. The quantitative estimate of drug-likeness (QED) is 0.135. The number of rotatable bonds is 17. The Morgan fingerprint density at radius 1 is 1.17 bits per heavy atom. The zero-order chi connectivity index (χ0) is 34.7. The second-order valence-electron chi connectivity index (χ2n) is 12.2. The summed E-state index contributed by atoms with van der Waals surface area (Å²) in [5, 5.41) is 23.7. The van der Waals surface area contributed by atoms with E-state index in [4.69, 9.17) is 49.1 Å². The van der Waals surface area contributed by atoms with Crippen molar-refractivity contribution < 1.29 is 57.0 Å². The van der Waals surface area contributed by atoms with Crippen molar-refractivity contribution in [1.82, 2.24) is 19.7 Å². The van der Waals surface area contributed by atoms with E-state index < -0.39 is 56.0 Å². The lowest BCUT2D eigenvalue weighted by atomic mass is 10.1. The standard InChI is InChI=1S/C29H45ClN5O12P/c1-6-43-48(39,44-7-2)29(16-36,17-41-13-12-40-5)42-15-20-21-22(47-28(3,4)46-21)25(45-20)35-24-19(14-31-35)23(32-26(30)33-24)34(27(37)38)18-10-8-9-11-18/h14,18,20-22,25,36H,6-13,15-17H2,1-5H3,(H,37,38)/t20-,21-,22-,25-,29?/m1/s1. The Kier molecular flexibility index (Phi) is 12.0. The SMILES string of the molecule is CCOP(=O)(OCC)C(CO)(COCCOC)OC[C@H]1O[C@@H](n2ncc3c(N(C(=O)O)C4CCCC4)nc(Cl)nc32)[C@@H]2OC(C)(C)O[C@@H]21. The van der Waals surface area contributed by atoms with Gasteiger partial charge >= 0.3 is 13.7 Å². The average Bonchev–Trinajstić information content (AvgIpc) is 3.82. The highest BCUT2D eigenvalue weighted by Crippen LogP contribution is 2.61. The van der Waals surface area contributed by atoms with Crippen LogP contribution in [0.2, 0.25) is 5.28 Å². The lowest BCUT2D eigenvalue weighted by Crippen LogP contribution is -2.46. The number of anilines is 1. The minimum absolute atomic E-state index is 0.0249. The molecule has 270 valence electrons. The molecule has 4 heterocycles. The van der Waals surface area contributed by atoms with E-state index in [2.05, 4.69) is 15.1 Å². The topological polar surface area (TPSA) is 195 Å². The molecule has 0 aromatic carbocycles. The molecule has 1 amide bonds. The molecule has 3 aliphatic rings. The van der Waals surface area contributed by atoms with E-state index in [1.165, 1.54) is 22.9 Å². The van der Waals surface area contributed by atoms with Gasteiger partial charge in [0.1, 0.15) is 18.3 Å². The highest BCUT2D eigenvalue weighted by Gasteiger charge is 2.59. The molecule has 48 heavy (non-hydrogen) atoms. The minimum Gasteiger partial charge on any atom is -0.465 e. The average molecular weight is 722 g/mol. The maximum absolute atomic E-state index is 14.1. The van der Waals surface area contributed by atoms with Gasteiger partial charge in [-0.15, -0.1) is 0 Å². The number of carboxylic acid groups (broad SMARTS) is 1. The summed E-state index contributed by atoms with van der Waals surface area (Å²) >= 11 is 6.38. The van der Waals surface area contributed by atoms with Gasteiger partial charge in [0, 0.05) is 13.2 Å². The van der Waals surface area contributed by atoms with E-state index in [9.17, 15) is 19.6 Å². The number of amides is 1. The predicted octanol–water partition coefficient (Wildman–Crippen LogP) is 3.96. The molecule has 2 N–H and O–H groups in total. The minimum atomic E-state index is -4.12. The van der Waals surface area contributed by atoms with E-state index in [0.717, 1.165) is 12.8 Å². The third kappa shape index (κ3) is 7.37. The van der Waals surface area contributed by atoms with Crippen LogP contribution in [0.25, 0.3) is 11.0 Å². The molecule has 2 aliphatic heterocycles. The van der Waals surface area contributed by atoms with Crippen molar-refractivity contribution in [3.63, 3.8) is 0 Å². The monoisotopic (exact) mass is 721 g/mol. The van der Waals surface area contributed by atoms with Gasteiger partial charge in [-0.1, -0.05) is 12.8 Å². The number of carbonyl (C=O) groups is 1. The highest BCUT2D eigenvalue weighted by molar-refractivity contribution is 7.55. The molecule has 1 saturated carbocycles. The van der Waals surface area contributed by atoms with Crippen LogP contribution in [0.4, 0.5) is 10.6 Å². The van der Waals surface area contributed by atoms with Gasteiger partial charge in [0.15, 0.2) is 23.5 Å². The molecular formula is C29H45ClN5O12P. The first-order chi connectivity index (χ1) is 22.9. The number of ether oxygens (including phenoxy) is 6. The molecule has 5 atom stereocenters. The summed E-state index contributed by atoms with van der Waals surface area (Å²) in [5.41, 5.74) is 0.237. The predicted molar refractivity (Wildman–Crippen MR) is 170 cm³/mol. The third-order valence-corrected chi connectivity index (χ3v) is 11.3. The number of fused-ring (bicyclic) bond motifs is 2. The molecule has 1 aliphatic carbocycles. The van der Waals surface area contributed by atoms with Crippen LogP contribution in [0.15, 0.2) is 6.20 Å². The van der Waals surface area contributed by atoms with Crippen molar-refractivity contribution in [2.45, 2.75) is 95.1 Å². The molecule has 0 bridgehead atoms. The van der Waals surface area contributed by atoms with Crippen molar-refractivity contribution in [1.29, 1.82) is 0 Å². The van der Waals surface area contributed by atoms with Gasteiger partial charge < -0.3 is 47.7 Å². The van der Waals surface area contributed by atoms with Gasteiger partial charge in [-0.25, -0.2) is 9.48 Å². The lowest BCUT2D eigenvalue weighted by molar-refractivity contribution is -0.209. The summed E-state index contributed by atoms with van der Waals surface area (Å²) in [6.07, 6.45) is 0.339. The van der Waals surface area contributed by atoms with Crippen molar-refractivity contribution in [2.75, 3.05) is 58.3 Å². The van der Waals surface area contributed by atoms with Crippen LogP contribution in [-0.2, 0) is 42.0 Å². The Morgan fingerprint density at radius 2 is 1.85 bits per heavy atom. The van der Waals surface area contributed by atoms with Crippen molar-refractivity contribution in [3.8, 4) is 0 Å². The van der Waals surface area contributed by atoms with Crippen LogP contribution in [0, 0.1) is 0 Å². The smallest absolute Gasteiger partial charge is 0.413 e. The van der Waals surface area contributed by atoms with Gasteiger partial charge in [0.05, 0.1) is 57.8 Å². The van der Waals surface area contributed by atoms with Crippen LogP contribution in [0.1, 0.15) is 59.6 Å². The van der Waals surface area contributed by atoms with Gasteiger partial charge in [0.2, 0.25) is 10.6 Å². The van der Waals surface area contributed by atoms with Crippen LogP contribution in [0.3, 0.4) is 0 Å². The fourth-order valence-corrected chi connectivity index (χ4v) is 8.47. The Labute approximate surface area is 283 Å². The molecule has 2 aromatic rings. The molecular weight excluding hydrogens is 677 g/mol. The maximum atomic E-state index is 14.1. The molecule has 17 nitrogen and oxygen atoms in total. The Bertz CT molecular complexity index is 1450. The van der Waals surface area contributed by atoms with Gasteiger partial charge in [-0.2, -0.15) is 15.1 Å². The molecule has 0 spiro atoms. The Balaban J connectivity index is 1.47. The molecule has 2 aromatic heterocycles. The third-order valence-electron chi connectivity index (χ3n) is 8.52. The number of hydrogen-bond acceptors (Lipinski definition) is 14. The lowest BCUT2D eigenvalue weighted by Gasteiger charge is -2.37. The summed E-state index contributed by atoms with van der Waals surface area (Å²) in [5.74, 6) is -0.889. The fourth-order valence-electron chi connectivity index (χ4n) is 6.43. The van der Waals surface area contributed by atoms with Gasteiger partial charge in [-0.05, 0) is 52.1 Å². The largest absolute Gasteiger partial charge is 0.465 e. The first-order valence-corrected chi connectivity index (χ1v) is 18.0. The maximum Gasteiger partial charge on any atom is 0.413 e. The van der Waals surface area contributed by atoms with Crippen LogP contribution in [0.5, 0.6) is 0 Å². The number of hydrogen-bond donors (Lipinski definition) is 2. The molecule has 1 unspecified atom stereocenters. The van der Waals surface area contributed by atoms with Crippen LogP contribution < -0.4 is 4.90 Å². The van der Waals surface area contributed by atoms with Gasteiger partial charge in [0.25, 0.3) is 0 Å². The van der Waals surface area contributed by atoms with E-state index >= 15 is 0 Å². The number of methoxy groups -OCH3 is 1. The second kappa shape index (κ2) is 15.5. The van der Waals surface area contributed by atoms with E-state index in [-0.39, 0.29) is 62.4 Å². The van der Waals surface area contributed by atoms with E-state index in [1.807, 2.05) is 0 Å². The van der Waals surface area contributed by atoms with Crippen molar-refractivity contribution >= 4 is 42.1 Å². The molecule has 19 heteroatoms. The van der Waals surface area contributed by atoms with E-state index in [1.54, 1.807) is 27.7 Å². The fraction of sp³-hybridized carbons (Fsp3) is 0.793. The first-order valence-electron chi connectivity index (χ1n) is 16.1. The molecule has 5 rings (SSSR count). The van der Waals surface area contributed by atoms with Crippen molar-refractivity contribution in [2.24, 2.45) is 0 Å². The number of halogens is 1. The number of aliphatic hydroxyl groups excluding tert-OH is 1. The number of aliphatic hydroxyl groups is 1. The zero-order valence-corrected chi connectivity index (χ0v) is 29.4. The number of aromatic nitrogens is 4. The summed E-state index contributed by atoms with van der Waals surface area (Å²) < 4.78 is 62.7. The van der Waals surface area contributed by atoms with Crippen LogP contribution >= 0.6 is 19.2 Å². The summed E-state index contributed by atoms with van der Waals surface area (Å²) in [6.45, 7) is 5.92. The second-order valence-corrected chi connectivity index (χ2v) is 14.8. The van der Waals surface area contributed by atoms with Crippen molar-refractivity contribution in [3.05, 3.63) is 11.5 Å². The Hall–Kier alpha value is -2.02. The summed E-state index contributed by atoms with van der Waals surface area (Å²) in [6, 6.07) is -0.254. The van der Waals surface area contributed by atoms with E-state index in [0.29, 0.717) is 18.2 Å². The normalized spacial score (nSPS) is 25.5. The van der Waals surface area contributed by atoms with Gasteiger partial charge in [-0.3, -0.25) is 9.46 Å². The Morgan fingerprint density at radius 3 is 2.48 bits per heavy atom. The highest BCUT2D eigenvalue weighted by atomic mass is 35.5. The molecule has 3 fully saturated rings. The van der Waals surface area contributed by atoms with Crippen LogP contribution in [-0.4, -0.2) is 125 Å². The zero-order valence-electron chi connectivity index (χ0n) is 27.8. The summed E-state index contributed by atoms with van der Waals surface area (Å²) in [4.78, 5) is 22.4. The molecule has 2 saturated heterocycles. The number of nitrogens with zero attached hydrogens (tertiary/aromatic N) is 5. The molecule has 0 radical (unpaired) electrons. The first kappa shape index (κ1) is 37.2.